The lowest BCUT2D eigenvalue weighted by atomic mass is 9.97. The molecule has 9 heteroatoms. The average Bonchev–Trinajstić information content (AvgIpc) is 3.47. The number of carbonyl (C=O) groups excluding carboxylic acids is 1. The average molecular weight is 474 g/mol. The predicted octanol–water partition coefficient (Wildman–Crippen LogP) is 5.29. The standard InChI is InChI=1S/C26H19FN2O6/c1-33-20-5-3-4-15(24(20)30)13-6-8-14(9-7-13)16-10-17-19(11-18(16)27)28-26(32)23(17)25(31)21-12-22(34-2)29-35-21/h3-12,28,30,32H,1-2H3. The van der Waals surface area contributed by atoms with Crippen LogP contribution in [0, 0.1) is 5.82 Å². The molecule has 0 fully saturated rings. The first kappa shape index (κ1) is 22.0. The molecule has 0 amide bonds. The van der Waals surface area contributed by atoms with Crippen LogP contribution in [0.4, 0.5) is 4.39 Å². The van der Waals surface area contributed by atoms with Gasteiger partial charge in [-0.15, -0.1) is 0 Å². The van der Waals surface area contributed by atoms with Crippen molar-refractivity contribution in [3.05, 3.63) is 77.8 Å². The van der Waals surface area contributed by atoms with E-state index in [-0.39, 0.29) is 34.0 Å². The highest BCUT2D eigenvalue weighted by Gasteiger charge is 2.25. The summed E-state index contributed by atoms with van der Waals surface area (Å²) in [6, 6.07) is 16.1. The SMILES string of the molecule is COc1cc(C(=O)c2c(O)[nH]c3cc(F)c(-c4ccc(-c5cccc(OC)c5O)cc4)cc23)on1. The van der Waals surface area contributed by atoms with E-state index in [1.807, 2.05) is 0 Å². The van der Waals surface area contributed by atoms with Gasteiger partial charge in [0.15, 0.2) is 11.5 Å². The molecule has 2 heterocycles. The third-order valence-electron chi connectivity index (χ3n) is 5.74. The number of aromatic hydroxyl groups is 2. The number of benzene rings is 3. The normalized spacial score (nSPS) is 11.1. The molecule has 0 aliphatic rings. The van der Waals surface area contributed by atoms with Gasteiger partial charge < -0.3 is 29.2 Å². The Labute approximate surface area is 198 Å². The number of methoxy groups -OCH3 is 2. The van der Waals surface area contributed by atoms with Crippen LogP contribution in [0.5, 0.6) is 23.3 Å². The van der Waals surface area contributed by atoms with E-state index in [4.69, 9.17) is 14.0 Å². The van der Waals surface area contributed by atoms with Gasteiger partial charge in [-0.3, -0.25) is 4.79 Å². The molecule has 0 spiro atoms. The van der Waals surface area contributed by atoms with E-state index in [1.54, 1.807) is 42.5 Å². The summed E-state index contributed by atoms with van der Waals surface area (Å²) in [6.07, 6.45) is 0. The van der Waals surface area contributed by atoms with Gasteiger partial charge in [-0.2, -0.15) is 0 Å². The second-order valence-corrected chi connectivity index (χ2v) is 7.72. The van der Waals surface area contributed by atoms with Crippen LogP contribution in [0.3, 0.4) is 0 Å². The van der Waals surface area contributed by atoms with E-state index < -0.39 is 17.5 Å². The van der Waals surface area contributed by atoms with Crippen molar-refractivity contribution >= 4 is 16.7 Å². The van der Waals surface area contributed by atoms with Crippen molar-refractivity contribution in [1.29, 1.82) is 0 Å². The fourth-order valence-corrected chi connectivity index (χ4v) is 3.99. The molecular formula is C26H19FN2O6. The highest BCUT2D eigenvalue weighted by atomic mass is 19.1. The van der Waals surface area contributed by atoms with Crippen molar-refractivity contribution in [1.82, 2.24) is 10.1 Å². The number of aromatic nitrogens is 2. The van der Waals surface area contributed by atoms with E-state index >= 15 is 4.39 Å². The van der Waals surface area contributed by atoms with E-state index in [0.717, 1.165) is 0 Å². The first-order valence-electron chi connectivity index (χ1n) is 10.5. The predicted molar refractivity (Wildman–Crippen MR) is 125 cm³/mol. The topological polar surface area (TPSA) is 118 Å². The van der Waals surface area contributed by atoms with Gasteiger partial charge in [-0.25, -0.2) is 4.39 Å². The van der Waals surface area contributed by atoms with Gasteiger partial charge >= 0.3 is 0 Å². The molecule has 0 radical (unpaired) electrons. The van der Waals surface area contributed by atoms with Crippen LogP contribution >= 0.6 is 0 Å². The summed E-state index contributed by atoms with van der Waals surface area (Å²) in [4.78, 5) is 15.6. The molecule has 0 saturated heterocycles. The molecule has 2 aromatic heterocycles. The maximum Gasteiger partial charge on any atom is 0.254 e. The van der Waals surface area contributed by atoms with Crippen molar-refractivity contribution in [3.63, 3.8) is 0 Å². The molecule has 0 bridgehead atoms. The van der Waals surface area contributed by atoms with E-state index in [0.29, 0.717) is 27.8 Å². The van der Waals surface area contributed by atoms with Crippen molar-refractivity contribution in [2.24, 2.45) is 0 Å². The Hall–Kier alpha value is -4.79. The van der Waals surface area contributed by atoms with Crippen molar-refractivity contribution in [2.45, 2.75) is 0 Å². The van der Waals surface area contributed by atoms with Crippen molar-refractivity contribution in [3.8, 4) is 45.5 Å². The Morgan fingerprint density at radius 2 is 1.69 bits per heavy atom. The maximum atomic E-state index is 15.0. The molecule has 0 atom stereocenters. The van der Waals surface area contributed by atoms with Crippen molar-refractivity contribution in [2.75, 3.05) is 14.2 Å². The zero-order chi connectivity index (χ0) is 24.7. The summed E-state index contributed by atoms with van der Waals surface area (Å²) < 4.78 is 30.1. The Morgan fingerprint density at radius 1 is 0.971 bits per heavy atom. The van der Waals surface area contributed by atoms with Gasteiger partial charge in [-0.05, 0) is 34.5 Å². The minimum absolute atomic E-state index is 0.00495. The van der Waals surface area contributed by atoms with Gasteiger partial charge in [0.25, 0.3) is 5.88 Å². The first-order valence-corrected chi connectivity index (χ1v) is 10.5. The minimum Gasteiger partial charge on any atom is -0.504 e. The molecular weight excluding hydrogens is 455 g/mol. The van der Waals surface area contributed by atoms with Crippen LogP contribution in [0.2, 0.25) is 0 Å². The van der Waals surface area contributed by atoms with Crippen LogP contribution in [0.1, 0.15) is 16.1 Å². The molecule has 176 valence electrons. The summed E-state index contributed by atoms with van der Waals surface area (Å²) in [5, 5.41) is 24.7. The second kappa shape index (κ2) is 8.53. The number of H-pyrrole nitrogens is 1. The van der Waals surface area contributed by atoms with Gasteiger partial charge in [0.2, 0.25) is 17.4 Å². The number of nitrogens with one attached hydrogen (secondary N) is 1. The van der Waals surface area contributed by atoms with E-state index in [9.17, 15) is 15.0 Å². The number of ether oxygens (including phenoxy) is 2. The lowest BCUT2D eigenvalue weighted by Crippen LogP contribution is -1.99. The second-order valence-electron chi connectivity index (χ2n) is 7.72. The third kappa shape index (κ3) is 3.72. The molecule has 0 saturated carbocycles. The number of hydrogen-bond donors (Lipinski definition) is 3. The number of phenolic OH excluding ortho intramolecular Hbond substituents is 1. The summed E-state index contributed by atoms with van der Waals surface area (Å²) in [5.74, 6) is -1.27. The number of ketones is 1. The number of aromatic amines is 1. The first-order chi connectivity index (χ1) is 16.9. The van der Waals surface area contributed by atoms with Crippen LogP contribution in [-0.4, -0.2) is 40.4 Å². The van der Waals surface area contributed by atoms with Crippen LogP contribution in [0.25, 0.3) is 33.2 Å². The summed E-state index contributed by atoms with van der Waals surface area (Å²) in [6.45, 7) is 0. The molecule has 3 N–H and O–H groups in total. The number of hydrogen-bond acceptors (Lipinski definition) is 7. The highest BCUT2D eigenvalue weighted by Crippen LogP contribution is 2.39. The molecule has 35 heavy (non-hydrogen) atoms. The number of nitrogens with zero attached hydrogens (tertiary/aromatic N) is 1. The maximum absolute atomic E-state index is 15.0. The molecule has 0 aliphatic heterocycles. The number of carbonyl (C=O) groups is 1. The monoisotopic (exact) mass is 474 g/mol. The number of para-hydroxylation sites is 1. The summed E-state index contributed by atoms with van der Waals surface area (Å²) in [7, 11) is 2.85. The summed E-state index contributed by atoms with van der Waals surface area (Å²) >= 11 is 0. The number of phenols is 1. The third-order valence-corrected chi connectivity index (χ3v) is 5.74. The molecule has 8 nitrogen and oxygen atoms in total. The van der Waals surface area contributed by atoms with Crippen LogP contribution in [-0.2, 0) is 0 Å². The molecule has 3 aromatic carbocycles. The lowest BCUT2D eigenvalue weighted by molar-refractivity contribution is 0.0999. The van der Waals surface area contributed by atoms with Gasteiger partial charge in [0, 0.05) is 16.5 Å². The zero-order valence-corrected chi connectivity index (χ0v) is 18.6. The molecule has 0 unspecified atom stereocenters. The Bertz CT molecular complexity index is 1570. The smallest absolute Gasteiger partial charge is 0.254 e. The summed E-state index contributed by atoms with van der Waals surface area (Å²) in [5.41, 5.74) is 2.21. The molecule has 0 aliphatic carbocycles. The Balaban J connectivity index is 1.57. The largest absolute Gasteiger partial charge is 0.504 e. The van der Waals surface area contributed by atoms with Gasteiger partial charge in [0.05, 0.1) is 31.4 Å². The molecule has 5 aromatic rings. The van der Waals surface area contributed by atoms with Crippen LogP contribution in [0.15, 0.2) is 65.2 Å². The van der Waals surface area contributed by atoms with Crippen molar-refractivity contribution < 1.29 is 33.4 Å². The highest BCUT2D eigenvalue weighted by molar-refractivity contribution is 6.17. The quantitative estimate of drug-likeness (QED) is 0.286. The van der Waals surface area contributed by atoms with Gasteiger partial charge in [-0.1, -0.05) is 36.4 Å². The number of fused-ring (bicyclic) bond motifs is 1. The van der Waals surface area contributed by atoms with Crippen LogP contribution < -0.4 is 9.47 Å². The number of rotatable bonds is 6. The lowest BCUT2D eigenvalue weighted by Gasteiger charge is -2.10. The van der Waals surface area contributed by atoms with E-state index in [1.165, 1.54) is 32.4 Å². The minimum atomic E-state index is -0.633. The Kier molecular flexibility index (Phi) is 5.37. The fourth-order valence-electron chi connectivity index (χ4n) is 3.99. The van der Waals surface area contributed by atoms with Gasteiger partial charge in [0.1, 0.15) is 5.82 Å². The fraction of sp³-hybridized carbons (Fsp3) is 0.0769. The molecule has 5 rings (SSSR count). The zero-order valence-electron chi connectivity index (χ0n) is 18.6. The number of halogens is 1. The van der Waals surface area contributed by atoms with E-state index in [2.05, 4.69) is 10.1 Å². The Morgan fingerprint density at radius 3 is 2.34 bits per heavy atom.